The van der Waals surface area contributed by atoms with Crippen LogP contribution in [-0.2, 0) is 23.1 Å². The van der Waals surface area contributed by atoms with E-state index in [9.17, 15) is 14.5 Å². The average Bonchev–Trinajstić information content (AvgIpc) is 2.52. The Bertz CT molecular complexity index is 446. The zero-order chi connectivity index (χ0) is 14.8. The number of aliphatic hydroxyl groups excluding tert-OH is 1. The van der Waals surface area contributed by atoms with Crippen molar-refractivity contribution in [3.05, 3.63) is 10.3 Å². The number of hydrogen-bond donors (Lipinski definition) is 1. The first-order valence-electron chi connectivity index (χ1n) is 5.82. The Morgan fingerprint density at radius 3 is 2.63 bits per heavy atom. The van der Waals surface area contributed by atoms with Gasteiger partial charge in [0, 0.05) is 13.5 Å². The molecule has 1 rings (SSSR count). The molecule has 0 spiro atoms. The fourth-order valence-corrected chi connectivity index (χ4v) is 4.31. The molecule has 0 aromatic heterocycles. The summed E-state index contributed by atoms with van der Waals surface area (Å²) in [7, 11) is -2.49. The molecule has 0 aromatic rings. The van der Waals surface area contributed by atoms with Crippen LogP contribution in [0.25, 0.3) is 0 Å². The predicted molar refractivity (Wildman–Crippen MR) is 69.9 cm³/mol. The Morgan fingerprint density at radius 1 is 1.63 bits per heavy atom. The van der Waals surface area contributed by atoms with E-state index in [1.54, 1.807) is 6.92 Å². The van der Waals surface area contributed by atoms with Crippen LogP contribution in [0.1, 0.15) is 27.2 Å². The molecule has 3 atom stereocenters. The van der Waals surface area contributed by atoms with E-state index in [0.29, 0.717) is 0 Å². The molecular weight excluding hydrogens is 295 g/mol. The van der Waals surface area contributed by atoms with Gasteiger partial charge in [-0.15, -0.1) is 0 Å². The molecule has 19 heavy (non-hydrogen) atoms. The Labute approximate surface area is 117 Å². The van der Waals surface area contributed by atoms with Gasteiger partial charge >= 0.3 is 13.6 Å². The number of aliphatic hydroxyl groups is 1. The smallest absolute Gasteiger partial charge is 0.359 e. The molecule has 8 heteroatoms. The minimum atomic E-state index is -3.68. The second kappa shape index (κ2) is 5.94. The van der Waals surface area contributed by atoms with Gasteiger partial charge in [-0.25, -0.2) is 4.79 Å². The number of carbonyl (C=O) groups is 1. The maximum atomic E-state index is 12.5. The first-order valence-corrected chi connectivity index (χ1v) is 7.74. The molecule has 1 N–H and O–H groups in total. The van der Waals surface area contributed by atoms with Gasteiger partial charge in [-0.05, 0) is 20.8 Å². The van der Waals surface area contributed by atoms with Gasteiger partial charge in [-0.1, -0.05) is 11.6 Å². The van der Waals surface area contributed by atoms with E-state index in [4.69, 9.17) is 25.4 Å². The molecule has 0 amide bonds. The topological polar surface area (TPSA) is 82.1 Å². The molecular formula is C11H18ClO6P. The SMILES string of the molecule is CCOC(=O)C1(C)OP(=O)(OC)C(CC(C)O)=C1Cl. The summed E-state index contributed by atoms with van der Waals surface area (Å²) in [6, 6.07) is 0. The van der Waals surface area contributed by atoms with E-state index in [2.05, 4.69) is 0 Å². The van der Waals surface area contributed by atoms with E-state index in [-0.39, 0.29) is 23.4 Å². The Kier molecular flexibility index (Phi) is 5.21. The van der Waals surface area contributed by atoms with Crippen LogP contribution in [0.5, 0.6) is 0 Å². The molecule has 1 aliphatic rings. The molecule has 1 heterocycles. The standard InChI is InChI=1S/C11H18ClO6P/c1-5-17-10(14)11(3)9(12)8(6-7(2)13)19(15,16-4)18-11/h7,13H,5-6H2,1-4H3. The summed E-state index contributed by atoms with van der Waals surface area (Å²) in [5.74, 6) is -0.738. The van der Waals surface area contributed by atoms with Gasteiger partial charge in [0.15, 0.2) is 0 Å². The number of rotatable bonds is 5. The van der Waals surface area contributed by atoms with E-state index in [1.807, 2.05) is 0 Å². The van der Waals surface area contributed by atoms with Gasteiger partial charge < -0.3 is 14.4 Å². The third kappa shape index (κ3) is 3.03. The van der Waals surface area contributed by atoms with Crippen LogP contribution < -0.4 is 0 Å². The molecule has 0 saturated carbocycles. The van der Waals surface area contributed by atoms with Crippen molar-refractivity contribution in [2.24, 2.45) is 0 Å². The quantitative estimate of drug-likeness (QED) is 0.620. The van der Waals surface area contributed by atoms with E-state index in [0.717, 1.165) is 0 Å². The Hall–Kier alpha value is -0.390. The highest BCUT2D eigenvalue weighted by atomic mass is 35.5. The van der Waals surface area contributed by atoms with Gasteiger partial charge in [0.2, 0.25) is 5.60 Å². The van der Waals surface area contributed by atoms with E-state index >= 15 is 0 Å². The van der Waals surface area contributed by atoms with Crippen molar-refractivity contribution in [3.63, 3.8) is 0 Å². The highest BCUT2D eigenvalue weighted by molar-refractivity contribution is 7.59. The van der Waals surface area contributed by atoms with Crippen LogP contribution >= 0.6 is 19.2 Å². The molecule has 110 valence electrons. The molecule has 0 fully saturated rings. The first-order chi connectivity index (χ1) is 8.71. The maximum Gasteiger partial charge on any atom is 0.359 e. The second-order valence-corrected chi connectivity index (χ2v) is 6.80. The zero-order valence-electron chi connectivity index (χ0n) is 11.3. The van der Waals surface area contributed by atoms with Crippen molar-refractivity contribution in [3.8, 4) is 0 Å². The highest BCUT2D eigenvalue weighted by Crippen LogP contribution is 2.68. The summed E-state index contributed by atoms with van der Waals surface area (Å²) in [4.78, 5) is 11.9. The van der Waals surface area contributed by atoms with Crippen molar-refractivity contribution in [1.82, 2.24) is 0 Å². The molecule has 0 radical (unpaired) electrons. The lowest BCUT2D eigenvalue weighted by atomic mass is 10.1. The number of esters is 1. The number of ether oxygens (including phenoxy) is 1. The number of hydrogen-bond acceptors (Lipinski definition) is 6. The van der Waals surface area contributed by atoms with Crippen LogP contribution in [0.3, 0.4) is 0 Å². The van der Waals surface area contributed by atoms with Gasteiger partial charge in [0.05, 0.1) is 23.1 Å². The fourth-order valence-electron chi connectivity index (χ4n) is 1.76. The zero-order valence-corrected chi connectivity index (χ0v) is 13.0. The predicted octanol–water partition coefficient (Wildman–Crippen LogP) is 2.40. The van der Waals surface area contributed by atoms with Crippen LogP contribution in [0.4, 0.5) is 0 Å². The third-order valence-electron chi connectivity index (χ3n) is 2.70. The lowest BCUT2D eigenvalue weighted by Crippen LogP contribution is -2.37. The summed E-state index contributed by atoms with van der Waals surface area (Å²) in [6.45, 7) is 4.66. The van der Waals surface area contributed by atoms with Gasteiger partial charge in [0.25, 0.3) is 0 Å². The molecule has 0 saturated heterocycles. The van der Waals surface area contributed by atoms with E-state index < -0.39 is 25.3 Å². The summed E-state index contributed by atoms with van der Waals surface area (Å²) < 4.78 is 27.5. The summed E-state index contributed by atoms with van der Waals surface area (Å²) in [6.07, 6.45) is -0.792. The molecule has 0 aromatic carbocycles. The van der Waals surface area contributed by atoms with Crippen LogP contribution in [-0.4, -0.2) is 36.5 Å². The monoisotopic (exact) mass is 312 g/mol. The van der Waals surface area contributed by atoms with Crippen LogP contribution in [0.2, 0.25) is 0 Å². The summed E-state index contributed by atoms with van der Waals surface area (Å²) in [5, 5.41) is 9.50. The largest absolute Gasteiger partial charge is 0.464 e. The lowest BCUT2D eigenvalue weighted by molar-refractivity contribution is -0.156. The Balaban J connectivity index is 3.23. The number of halogens is 1. The van der Waals surface area contributed by atoms with Gasteiger partial charge in [-0.2, -0.15) is 0 Å². The summed E-state index contributed by atoms with van der Waals surface area (Å²) >= 11 is 6.11. The van der Waals surface area contributed by atoms with Crippen LogP contribution in [0, 0.1) is 0 Å². The highest BCUT2D eigenvalue weighted by Gasteiger charge is 2.56. The molecule has 6 nitrogen and oxygen atoms in total. The lowest BCUT2D eigenvalue weighted by Gasteiger charge is -2.22. The van der Waals surface area contributed by atoms with Crippen LogP contribution in [0.15, 0.2) is 10.3 Å². The van der Waals surface area contributed by atoms with Crippen molar-refractivity contribution < 1.29 is 28.3 Å². The summed E-state index contributed by atoms with van der Waals surface area (Å²) in [5.41, 5.74) is -1.66. The van der Waals surface area contributed by atoms with Crippen molar-refractivity contribution in [1.29, 1.82) is 0 Å². The van der Waals surface area contributed by atoms with Crippen molar-refractivity contribution in [2.45, 2.75) is 38.9 Å². The molecule has 1 aliphatic heterocycles. The van der Waals surface area contributed by atoms with Gasteiger partial charge in [-0.3, -0.25) is 9.09 Å². The molecule has 3 unspecified atom stereocenters. The minimum Gasteiger partial charge on any atom is -0.464 e. The number of carbonyl (C=O) groups excluding carboxylic acids is 1. The second-order valence-electron chi connectivity index (χ2n) is 4.34. The molecule has 0 bridgehead atoms. The third-order valence-corrected chi connectivity index (χ3v) is 5.57. The van der Waals surface area contributed by atoms with Gasteiger partial charge in [0.1, 0.15) is 0 Å². The van der Waals surface area contributed by atoms with Crippen molar-refractivity contribution >= 4 is 25.2 Å². The average molecular weight is 313 g/mol. The Morgan fingerprint density at radius 2 is 2.21 bits per heavy atom. The maximum absolute atomic E-state index is 12.5. The molecule has 0 aliphatic carbocycles. The normalized spacial score (nSPS) is 32.5. The fraction of sp³-hybridized carbons (Fsp3) is 0.727. The first kappa shape index (κ1) is 16.7. The minimum absolute atomic E-state index is 0.00105. The van der Waals surface area contributed by atoms with Crippen molar-refractivity contribution in [2.75, 3.05) is 13.7 Å². The van der Waals surface area contributed by atoms with E-state index in [1.165, 1.54) is 21.0 Å².